The lowest BCUT2D eigenvalue weighted by molar-refractivity contribution is -0.384. The second-order valence-corrected chi connectivity index (χ2v) is 5.25. The number of rotatable bonds is 10. The van der Waals surface area contributed by atoms with Crippen molar-refractivity contribution in [2.24, 2.45) is 0 Å². The van der Waals surface area contributed by atoms with E-state index in [1.54, 1.807) is 6.07 Å². The Morgan fingerprint density at radius 1 is 1.15 bits per heavy atom. The van der Waals surface area contributed by atoms with E-state index in [1.807, 2.05) is 0 Å². The molecule has 0 aliphatic heterocycles. The minimum absolute atomic E-state index is 0.0880. The van der Waals surface area contributed by atoms with Crippen LogP contribution in [0.1, 0.15) is 51.9 Å². The number of unbranched alkanes of at least 4 members (excludes halogenated alkanes) is 6. The van der Waals surface area contributed by atoms with Crippen molar-refractivity contribution in [1.82, 2.24) is 0 Å². The van der Waals surface area contributed by atoms with Crippen molar-refractivity contribution in [3.05, 3.63) is 33.3 Å². The standard InChI is InChI=1S/C15H22ClNO3/c1-2-3-4-5-6-7-8-11-20-13-9-10-15(17(18)19)14(16)12-13/h9-10,12H,2-8,11H2,1H3. The van der Waals surface area contributed by atoms with E-state index < -0.39 is 4.92 Å². The van der Waals surface area contributed by atoms with Crippen LogP contribution in [0.5, 0.6) is 5.75 Å². The maximum Gasteiger partial charge on any atom is 0.288 e. The Labute approximate surface area is 125 Å². The van der Waals surface area contributed by atoms with Crippen molar-refractivity contribution in [3.8, 4) is 5.75 Å². The van der Waals surface area contributed by atoms with Crippen molar-refractivity contribution in [2.45, 2.75) is 51.9 Å². The van der Waals surface area contributed by atoms with Crippen LogP contribution in [0.15, 0.2) is 18.2 Å². The average molecular weight is 300 g/mol. The van der Waals surface area contributed by atoms with Gasteiger partial charge in [0.15, 0.2) is 0 Å². The van der Waals surface area contributed by atoms with Crippen LogP contribution in [0, 0.1) is 10.1 Å². The van der Waals surface area contributed by atoms with Crippen molar-refractivity contribution in [1.29, 1.82) is 0 Å². The van der Waals surface area contributed by atoms with E-state index in [0.29, 0.717) is 12.4 Å². The summed E-state index contributed by atoms with van der Waals surface area (Å²) in [6, 6.07) is 4.47. The molecule has 0 amide bonds. The summed E-state index contributed by atoms with van der Waals surface area (Å²) >= 11 is 5.81. The summed E-state index contributed by atoms with van der Waals surface area (Å²) in [6.45, 7) is 2.84. The zero-order chi connectivity index (χ0) is 14.8. The van der Waals surface area contributed by atoms with Crippen LogP contribution < -0.4 is 4.74 Å². The molecular formula is C15H22ClNO3. The molecule has 0 N–H and O–H groups in total. The van der Waals surface area contributed by atoms with Crippen molar-refractivity contribution in [3.63, 3.8) is 0 Å². The molecule has 0 aromatic heterocycles. The molecule has 0 spiro atoms. The molecule has 0 fully saturated rings. The highest BCUT2D eigenvalue weighted by molar-refractivity contribution is 6.32. The lowest BCUT2D eigenvalue weighted by Gasteiger charge is -2.06. The van der Waals surface area contributed by atoms with Gasteiger partial charge in [0.1, 0.15) is 10.8 Å². The normalized spacial score (nSPS) is 10.5. The van der Waals surface area contributed by atoms with Crippen molar-refractivity contribution >= 4 is 17.3 Å². The predicted molar refractivity (Wildman–Crippen MR) is 81.6 cm³/mol. The second-order valence-electron chi connectivity index (χ2n) is 4.84. The van der Waals surface area contributed by atoms with E-state index in [1.165, 1.54) is 44.2 Å². The van der Waals surface area contributed by atoms with Gasteiger partial charge < -0.3 is 4.74 Å². The van der Waals surface area contributed by atoms with E-state index in [9.17, 15) is 10.1 Å². The fourth-order valence-electron chi connectivity index (χ4n) is 1.97. The Balaban J connectivity index is 2.19. The van der Waals surface area contributed by atoms with Crippen molar-refractivity contribution in [2.75, 3.05) is 6.61 Å². The van der Waals surface area contributed by atoms with Gasteiger partial charge >= 0.3 is 0 Å². The Morgan fingerprint density at radius 3 is 2.40 bits per heavy atom. The Hall–Kier alpha value is -1.29. The molecule has 0 saturated carbocycles. The Morgan fingerprint density at radius 2 is 1.80 bits per heavy atom. The summed E-state index contributed by atoms with van der Waals surface area (Å²) in [6.07, 6.45) is 8.59. The number of halogens is 1. The minimum Gasteiger partial charge on any atom is -0.494 e. The smallest absolute Gasteiger partial charge is 0.288 e. The molecular weight excluding hydrogens is 278 g/mol. The van der Waals surface area contributed by atoms with E-state index in [-0.39, 0.29) is 10.7 Å². The maximum absolute atomic E-state index is 10.6. The third-order valence-electron chi connectivity index (χ3n) is 3.13. The molecule has 0 atom stereocenters. The molecule has 1 aromatic carbocycles. The first-order valence-electron chi connectivity index (χ1n) is 7.22. The van der Waals surface area contributed by atoms with Crippen LogP contribution in [0.2, 0.25) is 5.02 Å². The molecule has 112 valence electrons. The van der Waals surface area contributed by atoms with E-state index in [4.69, 9.17) is 16.3 Å². The van der Waals surface area contributed by atoms with Crippen LogP contribution in [-0.2, 0) is 0 Å². The van der Waals surface area contributed by atoms with Gasteiger partial charge in [-0.2, -0.15) is 0 Å². The van der Waals surface area contributed by atoms with Crippen LogP contribution in [-0.4, -0.2) is 11.5 Å². The first kappa shape index (κ1) is 16.8. The van der Waals surface area contributed by atoms with Crippen LogP contribution in [0.4, 0.5) is 5.69 Å². The largest absolute Gasteiger partial charge is 0.494 e. The highest BCUT2D eigenvalue weighted by atomic mass is 35.5. The molecule has 0 aliphatic carbocycles. The maximum atomic E-state index is 10.6. The molecule has 0 unspecified atom stereocenters. The summed E-state index contributed by atoms with van der Waals surface area (Å²) in [5.74, 6) is 0.589. The summed E-state index contributed by atoms with van der Waals surface area (Å²) in [5, 5.41) is 10.7. The lowest BCUT2D eigenvalue weighted by atomic mass is 10.1. The summed E-state index contributed by atoms with van der Waals surface area (Å²) in [4.78, 5) is 10.1. The van der Waals surface area contributed by atoms with Crippen LogP contribution in [0.25, 0.3) is 0 Å². The highest BCUT2D eigenvalue weighted by Gasteiger charge is 2.12. The molecule has 0 heterocycles. The molecule has 5 heteroatoms. The fraction of sp³-hybridized carbons (Fsp3) is 0.600. The molecule has 1 rings (SSSR count). The molecule has 0 radical (unpaired) electrons. The van der Waals surface area contributed by atoms with Gasteiger partial charge in [0.2, 0.25) is 0 Å². The summed E-state index contributed by atoms with van der Waals surface area (Å²) < 4.78 is 5.54. The van der Waals surface area contributed by atoms with Gasteiger partial charge in [-0.05, 0) is 12.5 Å². The number of ether oxygens (including phenoxy) is 1. The van der Waals surface area contributed by atoms with Crippen molar-refractivity contribution < 1.29 is 9.66 Å². The first-order valence-corrected chi connectivity index (χ1v) is 7.59. The fourth-order valence-corrected chi connectivity index (χ4v) is 2.21. The average Bonchev–Trinajstić information content (AvgIpc) is 2.41. The third-order valence-corrected chi connectivity index (χ3v) is 3.44. The third kappa shape index (κ3) is 6.24. The molecule has 20 heavy (non-hydrogen) atoms. The van der Waals surface area contributed by atoms with Gasteiger partial charge in [0, 0.05) is 12.1 Å². The summed E-state index contributed by atoms with van der Waals surface area (Å²) in [5.41, 5.74) is -0.0880. The second kappa shape index (κ2) is 9.59. The summed E-state index contributed by atoms with van der Waals surface area (Å²) in [7, 11) is 0. The van der Waals surface area contributed by atoms with Gasteiger partial charge in [-0.1, -0.05) is 57.0 Å². The lowest BCUT2D eigenvalue weighted by Crippen LogP contribution is -1.98. The van der Waals surface area contributed by atoms with Crippen LogP contribution in [0.3, 0.4) is 0 Å². The SMILES string of the molecule is CCCCCCCCCOc1ccc([N+](=O)[O-])c(Cl)c1. The van der Waals surface area contributed by atoms with Gasteiger partial charge in [0.05, 0.1) is 11.5 Å². The van der Waals surface area contributed by atoms with Gasteiger partial charge in [-0.15, -0.1) is 0 Å². The molecule has 0 saturated heterocycles. The van der Waals surface area contributed by atoms with Gasteiger partial charge in [0.25, 0.3) is 5.69 Å². The number of nitro groups is 1. The van der Waals surface area contributed by atoms with E-state index >= 15 is 0 Å². The topological polar surface area (TPSA) is 52.4 Å². The Bertz CT molecular complexity index is 424. The minimum atomic E-state index is -0.498. The Kier molecular flexibility index (Phi) is 8.04. The number of hydrogen-bond donors (Lipinski definition) is 0. The highest BCUT2D eigenvalue weighted by Crippen LogP contribution is 2.28. The zero-order valence-corrected chi connectivity index (χ0v) is 12.7. The van der Waals surface area contributed by atoms with Gasteiger partial charge in [-0.3, -0.25) is 10.1 Å². The molecule has 4 nitrogen and oxygen atoms in total. The number of benzene rings is 1. The number of nitrogens with zero attached hydrogens (tertiary/aromatic N) is 1. The van der Waals surface area contributed by atoms with E-state index in [0.717, 1.165) is 12.8 Å². The quantitative estimate of drug-likeness (QED) is 0.331. The van der Waals surface area contributed by atoms with Crippen LogP contribution >= 0.6 is 11.6 Å². The number of nitro benzene ring substituents is 1. The monoisotopic (exact) mass is 299 g/mol. The molecule has 1 aromatic rings. The zero-order valence-electron chi connectivity index (χ0n) is 11.9. The number of hydrogen-bond acceptors (Lipinski definition) is 3. The molecule has 0 aliphatic rings. The van der Waals surface area contributed by atoms with Gasteiger partial charge in [-0.25, -0.2) is 0 Å². The van der Waals surface area contributed by atoms with E-state index in [2.05, 4.69) is 6.92 Å². The predicted octanol–water partition coefficient (Wildman–Crippen LogP) is 5.38. The molecule has 0 bridgehead atoms. The first-order chi connectivity index (χ1) is 9.65.